The number of nitrogens with one attached hydrogen (secondary N) is 1. The number of carbonyl (C=O) groups excluding carboxylic acids is 1. The predicted molar refractivity (Wildman–Crippen MR) is 114 cm³/mol. The monoisotopic (exact) mass is 411 g/mol. The van der Waals surface area contributed by atoms with Gasteiger partial charge < -0.3 is 15.2 Å². The number of nitrogens with zero attached hydrogens (tertiary/aromatic N) is 2. The molecule has 0 radical (unpaired) electrons. The summed E-state index contributed by atoms with van der Waals surface area (Å²) in [4.78, 5) is 22.5. The van der Waals surface area contributed by atoms with E-state index in [2.05, 4.69) is 29.4 Å². The number of hydrogen-bond acceptors (Lipinski definition) is 6. The highest BCUT2D eigenvalue weighted by Crippen LogP contribution is 2.31. The number of para-hydroxylation sites is 2. The Kier molecular flexibility index (Phi) is 6.66. The summed E-state index contributed by atoms with van der Waals surface area (Å²) in [6.45, 7) is 4.22. The quantitative estimate of drug-likeness (QED) is 0.530. The van der Waals surface area contributed by atoms with E-state index < -0.39 is 11.2 Å². The van der Waals surface area contributed by atoms with Crippen LogP contribution in [0.1, 0.15) is 37.3 Å². The molecule has 1 unspecified atom stereocenters. The molecule has 0 aliphatic carbocycles. The summed E-state index contributed by atoms with van der Waals surface area (Å²) in [6, 6.07) is 15.3. The molecule has 7 nitrogen and oxygen atoms in total. The molecule has 0 aromatic heterocycles. The second kappa shape index (κ2) is 9.38. The highest BCUT2D eigenvalue weighted by Gasteiger charge is 2.32. The van der Waals surface area contributed by atoms with Crippen molar-refractivity contribution in [2.24, 2.45) is 10.2 Å². The van der Waals surface area contributed by atoms with E-state index in [-0.39, 0.29) is 17.5 Å². The number of carboxylic acids is 1. The van der Waals surface area contributed by atoms with E-state index in [1.165, 1.54) is 6.21 Å². The van der Waals surface area contributed by atoms with Gasteiger partial charge in [0.2, 0.25) is 5.91 Å². The van der Waals surface area contributed by atoms with Crippen molar-refractivity contribution in [2.75, 3.05) is 0 Å². The van der Waals surface area contributed by atoms with Gasteiger partial charge in [0.05, 0.1) is 12.6 Å². The molecule has 1 amide bonds. The maximum Gasteiger partial charge on any atom is 0.305 e. The van der Waals surface area contributed by atoms with Crippen molar-refractivity contribution >= 4 is 35.0 Å². The molecule has 1 aliphatic heterocycles. The number of ether oxygens (including phenoxy) is 1. The average molecular weight is 411 g/mol. The summed E-state index contributed by atoms with van der Waals surface area (Å²) in [6.07, 6.45) is 1.28. The van der Waals surface area contributed by atoms with Crippen LogP contribution in [0.25, 0.3) is 0 Å². The molecule has 2 aromatic carbocycles. The summed E-state index contributed by atoms with van der Waals surface area (Å²) >= 11 is 1.06. The van der Waals surface area contributed by atoms with Gasteiger partial charge in [0.15, 0.2) is 5.17 Å². The Morgan fingerprint density at radius 2 is 1.90 bits per heavy atom. The predicted octanol–water partition coefficient (Wildman–Crippen LogP) is 4.00. The fraction of sp³-hybridized carbons (Fsp3) is 0.238. The van der Waals surface area contributed by atoms with Crippen molar-refractivity contribution in [2.45, 2.75) is 31.4 Å². The maximum atomic E-state index is 11.7. The maximum absolute atomic E-state index is 11.7. The van der Waals surface area contributed by atoms with Crippen molar-refractivity contribution in [1.29, 1.82) is 0 Å². The molecule has 1 fully saturated rings. The Balaban J connectivity index is 1.75. The third-order valence-electron chi connectivity index (χ3n) is 4.16. The van der Waals surface area contributed by atoms with E-state index in [0.717, 1.165) is 28.6 Å². The summed E-state index contributed by atoms with van der Waals surface area (Å²) in [7, 11) is 0. The number of rotatable bonds is 7. The van der Waals surface area contributed by atoms with Crippen molar-refractivity contribution in [3.63, 3.8) is 0 Å². The van der Waals surface area contributed by atoms with E-state index in [1.807, 2.05) is 48.5 Å². The number of carboxylic acid groups (broad SMARTS) is 1. The summed E-state index contributed by atoms with van der Waals surface area (Å²) < 4.78 is 6.12. The van der Waals surface area contributed by atoms with Crippen LogP contribution < -0.4 is 10.1 Å². The minimum Gasteiger partial charge on any atom is -0.481 e. The SMILES string of the molecule is CC(C)c1ccccc1Oc1ccccc1C=NN=C1NC(=O)C(CC(=O)O)S1. The van der Waals surface area contributed by atoms with Gasteiger partial charge >= 0.3 is 5.97 Å². The van der Waals surface area contributed by atoms with Crippen LogP contribution in [0.5, 0.6) is 11.5 Å². The summed E-state index contributed by atoms with van der Waals surface area (Å²) in [5.41, 5.74) is 1.83. The van der Waals surface area contributed by atoms with Gasteiger partial charge in [-0.15, -0.1) is 5.10 Å². The van der Waals surface area contributed by atoms with Crippen LogP contribution in [0.3, 0.4) is 0 Å². The molecule has 0 saturated carbocycles. The van der Waals surface area contributed by atoms with Crippen LogP contribution in [-0.4, -0.2) is 33.6 Å². The van der Waals surface area contributed by atoms with Crippen LogP contribution >= 0.6 is 11.8 Å². The van der Waals surface area contributed by atoms with Gasteiger partial charge in [-0.05, 0) is 29.7 Å². The molecule has 1 saturated heterocycles. The number of benzene rings is 2. The van der Waals surface area contributed by atoms with Gasteiger partial charge in [-0.3, -0.25) is 9.59 Å². The molecule has 1 aliphatic rings. The van der Waals surface area contributed by atoms with Crippen LogP contribution in [0.2, 0.25) is 0 Å². The van der Waals surface area contributed by atoms with Crippen molar-refractivity contribution in [3.8, 4) is 11.5 Å². The van der Waals surface area contributed by atoms with E-state index in [1.54, 1.807) is 0 Å². The lowest BCUT2D eigenvalue weighted by Gasteiger charge is -2.14. The number of thioether (sulfide) groups is 1. The lowest BCUT2D eigenvalue weighted by atomic mass is 10.0. The molecule has 8 heteroatoms. The number of aliphatic carboxylic acids is 1. The Morgan fingerprint density at radius 1 is 1.21 bits per heavy atom. The second-order valence-corrected chi connectivity index (χ2v) is 7.87. The fourth-order valence-electron chi connectivity index (χ4n) is 2.74. The average Bonchev–Trinajstić information content (AvgIpc) is 3.02. The lowest BCUT2D eigenvalue weighted by Crippen LogP contribution is -2.26. The Bertz CT molecular complexity index is 972. The van der Waals surface area contributed by atoms with Crippen molar-refractivity contribution in [1.82, 2.24) is 5.32 Å². The first-order valence-corrected chi connectivity index (χ1v) is 9.98. The highest BCUT2D eigenvalue weighted by atomic mass is 32.2. The van der Waals surface area contributed by atoms with Gasteiger partial charge in [0.25, 0.3) is 0 Å². The standard InChI is InChI=1S/C21H21N3O4S/c1-13(2)15-8-4-6-10-17(15)28-16-9-5-3-7-14(16)12-22-24-21-23-20(27)18(29-21)11-19(25)26/h3-10,12-13,18H,11H2,1-2H3,(H,25,26)(H,23,24,27). The first-order chi connectivity index (χ1) is 13.9. The topological polar surface area (TPSA) is 100 Å². The van der Waals surface area contributed by atoms with E-state index in [0.29, 0.717) is 11.7 Å². The molecule has 150 valence electrons. The smallest absolute Gasteiger partial charge is 0.305 e. The van der Waals surface area contributed by atoms with Gasteiger partial charge in [0.1, 0.15) is 16.7 Å². The molecule has 1 atom stereocenters. The first kappa shape index (κ1) is 20.6. The molecule has 3 rings (SSSR count). The summed E-state index contributed by atoms with van der Waals surface area (Å²) in [5, 5.41) is 19.0. The van der Waals surface area contributed by atoms with Crippen molar-refractivity contribution in [3.05, 3.63) is 59.7 Å². The first-order valence-electron chi connectivity index (χ1n) is 9.10. The zero-order chi connectivity index (χ0) is 20.8. The Morgan fingerprint density at radius 3 is 2.62 bits per heavy atom. The molecule has 2 aromatic rings. The molecular weight excluding hydrogens is 390 g/mol. The highest BCUT2D eigenvalue weighted by molar-refractivity contribution is 8.15. The number of carbonyl (C=O) groups is 2. The largest absolute Gasteiger partial charge is 0.481 e. The Labute approximate surface area is 172 Å². The van der Waals surface area contributed by atoms with Crippen LogP contribution in [0.15, 0.2) is 58.7 Å². The molecule has 0 spiro atoms. The van der Waals surface area contributed by atoms with Crippen LogP contribution in [-0.2, 0) is 9.59 Å². The second-order valence-electron chi connectivity index (χ2n) is 6.68. The number of hydrogen-bond donors (Lipinski definition) is 2. The van der Waals surface area contributed by atoms with Gasteiger partial charge in [-0.1, -0.05) is 55.9 Å². The zero-order valence-electron chi connectivity index (χ0n) is 16.0. The molecular formula is C21H21N3O4S. The van der Waals surface area contributed by atoms with E-state index in [9.17, 15) is 9.59 Å². The summed E-state index contributed by atoms with van der Waals surface area (Å²) in [5.74, 6) is 0.330. The normalized spacial score (nSPS) is 17.8. The molecule has 0 bridgehead atoms. The van der Waals surface area contributed by atoms with Gasteiger partial charge in [-0.25, -0.2) is 0 Å². The minimum atomic E-state index is -1.03. The van der Waals surface area contributed by atoms with Crippen molar-refractivity contribution < 1.29 is 19.4 Å². The molecule has 1 heterocycles. The number of amidine groups is 1. The van der Waals surface area contributed by atoms with E-state index in [4.69, 9.17) is 9.84 Å². The molecule has 29 heavy (non-hydrogen) atoms. The lowest BCUT2D eigenvalue weighted by molar-refractivity contribution is -0.138. The molecule has 2 N–H and O–H groups in total. The van der Waals surface area contributed by atoms with E-state index >= 15 is 0 Å². The number of amides is 1. The Hall–Kier alpha value is -3.13. The third kappa shape index (κ3) is 5.45. The van der Waals surface area contributed by atoms with Crippen LogP contribution in [0, 0.1) is 0 Å². The van der Waals surface area contributed by atoms with Gasteiger partial charge in [-0.2, -0.15) is 5.10 Å². The van der Waals surface area contributed by atoms with Crippen LogP contribution in [0.4, 0.5) is 0 Å². The third-order valence-corrected chi connectivity index (χ3v) is 5.23. The zero-order valence-corrected chi connectivity index (χ0v) is 16.8. The van der Waals surface area contributed by atoms with Gasteiger partial charge in [0, 0.05) is 5.56 Å². The minimum absolute atomic E-state index is 0.259. The fourth-order valence-corrected chi connectivity index (χ4v) is 3.65.